The predicted octanol–water partition coefficient (Wildman–Crippen LogP) is 2.55. The summed E-state index contributed by atoms with van der Waals surface area (Å²) in [5, 5.41) is 0. The highest BCUT2D eigenvalue weighted by molar-refractivity contribution is 5.89. The minimum atomic E-state index is -0.931. The number of benzene rings is 1. The first-order valence-corrected chi connectivity index (χ1v) is 5.24. The van der Waals surface area contributed by atoms with Crippen molar-refractivity contribution >= 4 is 5.97 Å². The summed E-state index contributed by atoms with van der Waals surface area (Å²) in [5.41, 5.74) is -0.282. The van der Waals surface area contributed by atoms with E-state index in [0.29, 0.717) is 6.07 Å². The van der Waals surface area contributed by atoms with Crippen molar-refractivity contribution in [2.45, 2.75) is 20.0 Å². The zero-order valence-electron chi connectivity index (χ0n) is 9.70. The fraction of sp³-hybridized carbons (Fsp3) is 0.417. The van der Waals surface area contributed by atoms with Gasteiger partial charge in [-0.05, 0) is 26.0 Å². The molecule has 0 N–H and O–H groups in total. The lowest BCUT2D eigenvalue weighted by atomic mass is 10.2. The Morgan fingerprint density at radius 2 is 2.00 bits per heavy atom. The van der Waals surface area contributed by atoms with Crippen molar-refractivity contribution in [1.82, 2.24) is 0 Å². The lowest BCUT2D eigenvalue weighted by Crippen LogP contribution is -2.14. The van der Waals surface area contributed by atoms with Crippen LogP contribution in [-0.4, -0.2) is 25.3 Å². The molecule has 0 amide bonds. The van der Waals surface area contributed by atoms with Crippen molar-refractivity contribution in [3.8, 4) is 0 Å². The van der Waals surface area contributed by atoms with Gasteiger partial charge in [0, 0.05) is 6.07 Å². The molecule has 0 radical (unpaired) electrons. The fourth-order valence-electron chi connectivity index (χ4n) is 1.15. The molecule has 17 heavy (non-hydrogen) atoms. The molecule has 0 atom stereocenters. The smallest absolute Gasteiger partial charge is 0.341 e. The van der Waals surface area contributed by atoms with Gasteiger partial charge in [-0.1, -0.05) is 0 Å². The summed E-state index contributed by atoms with van der Waals surface area (Å²) >= 11 is 0. The first-order chi connectivity index (χ1) is 8.00. The second-order valence-electron chi connectivity index (χ2n) is 3.68. The Hall–Kier alpha value is -1.49. The highest BCUT2D eigenvalue weighted by Crippen LogP contribution is 2.10. The fourth-order valence-corrected chi connectivity index (χ4v) is 1.15. The van der Waals surface area contributed by atoms with Crippen LogP contribution in [0, 0.1) is 11.6 Å². The molecule has 0 aromatic heterocycles. The van der Waals surface area contributed by atoms with Crippen LogP contribution in [-0.2, 0) is 9.47 Å². The van der Waals surface area contributed by atoms with E-state index in [-0.39, 0.29) is 24.9 Å². The van der Waals surface area contributed by atoms with E-state index >= 15 is 0 Å². The molecule has 5 heteroatoms. The van der Waals surface area contributed by atoms with E-state index in [1.807, 2.05) is 13.8 Å². The summed E-state index contributed by atoms with van der Waals surface area (Å²) in [5.74, 6) is -2.49. The molecule has 0 aliphatic rings. The van der Waals surface area contributed by atoms with Crippen molar-refractivity contribution in [3.05, 3.63) is 35.4 Å². The van der Waals surface area contributed by atoms with Gasteiger partial charge < -0.3 is 9.47 Å². The van der Waals surface area contributed by atoms with Gasteiger partial charge in [-0.25, -0.2) is 13.6 Å². The third-order valence-corrected chi connectivity index (χ3v) is 1.92. The molecular formula is C12H14F2O3. The zero-order valence-corrected chi connectivity index (χ0v) is 9.70. The van der Waals surface area contributed by atoms with Gasteiger partial charge in [0.1, 0.15) is 18.2 Å². The summed E-state index contributed by atoms with van der Waals surface area (Å²) < 4.78 is 35.7. The molecule has 0 aliphatic carbocycles. The van der Waals surface area contributed by atoms with Gasteiger partial charge in [-0.3, -0.25) is 0 Å². The van der Waals surface area contributed by atoms with Gasteiger partial charge >= 0.3 is 5.97 Å². The molecule has 1 rings (SSSR count). The lowest BCUT2D eigenvalue weighted by Gasteiger charge is -2.08. The summed E-state index contributed by atoms with van der Waals surface area (Å²) in [7, 11) is 0. The number of carbonyl (C=O) groups excluding carboxylic acids is 1. The Labute approximate surface area is 98.3 Å². The molecule has 0 heterocycles. The number of carbonyl (C=O) groups is 1. The maximum Gasteiger partial charge on any atom is 0.341 e. The minimum absolute atomic E-state index is 0.0355. The summed E-state index contributed by atoms with van der Waals surface area (Å²) in [6.07, 6.45) is 0.0382. The Morgan fingerprint density at radius 1 is 1.29 bits per heavy atom. The average Bonchev–Trinajstić information content (AvgIpc) is 2.23. The molecule has 0 spiro atoms. The van der Waals surface area contributed by atoms with Crippen molar-refractivity contribution in [2.75, 3.05) is 13.2 Å². The van der Waals surface area contributed by atoms with Gasteiger partial charge in [0.2, 0.25) is 0 Å². The van der Waals surface area contributed by atoms with E-state index in [0.717, 1.165) is 12.1 Å². The highest BCUT2D eigenvalue weighted by Gasteiger charge is 2.13. The minimum Gasteiger partial charge on any atom is -0.460 e. The molecule has 1 aromatic rings. The van der Waals surface area contributed by atoms with E-state index < -0.39 is 17.6 Å². The summed E-state index contributed by atoms with van der Waals surface area (Å²) in [4.78, 5) is 11.4. The molecule has 0 fully saturated rings. The Morgan fingerprint density at radius 3 is 2.59 bits per heavy atom. The van der Waals surface area contributed by atoms with Crippen molar-refractivity contribution in [1.29, 1.82) is 0 Å². The maximum atomic E-state index is 13.2. The standard InChI is InChI=1S/C12H14F2O3/c1-8(2)16-5-6-17-12(15)10-4-3-9(13)7-11(10)14/h3-4,7-8H,5-6H2,1-2H3. The number of hydrogen-bond acceptors (Lipinski definition) is 3. The number of esters is 1. The first-order valence-electron chi connectivity index (χ1n) is 5.24. The summed E-state index contributed by atoms with van der Waals surface area (Å²) in [6.45, 7) is 3.98. The van der Waals surface area contributed by atoms with Crippen LogP contribution in [0.2, 0.25) is 0 Å². The van der Waals surface area contributed by atoms with Crippen molar-refractivity contribution < 1.29 is 23.0 Å². The third kappa shape index (κ3) is 4.48. The van der Waals surface area contributed by atoms with E-state index in [1.54, 1.807) is 0 Å². The molecule has 1 aromatic carbocycles. The van der Waals surface area contributed by atoms with Crippen molar-refractivity contribution in [3.63, 3.8) is 0 Å². The van der Waals surface area contributed by atoms with Crippen LogP contribution in [0.3, 0.4) is 0 Å². The van der Waals surface area contributed by atoms with Gasteiger partial charge in [-0.15, -0.1) is 0 Å². The average molecular weight is 244 g/mol. The largest absolute Gasteiger partial charge is 0.460 e. The molecule has 0 aliphatic heterocycles. The topological polar surface area (TPSA) is 35.5 Å². The SMILES string of the molecule is CC(C)OCCOC(=O)c1ccc(F)cc1F. The van der Waals surface area contributed by atoms with Crippen LogP contribution in [0.5, 0.6) is 0 Å². The van der Waals surface area contributed by atoms with Gasteiger partial charge in [0.15, 0.2) is 0 Å². The van der Waals surface area contributed by atoms with Crippen LogP contribution < -0.4 is 0 Å². The number of ether oxygens (including phenoxy) is 2. The van der Waals surface area contributed by atoms with Gasteiger partial charge in [-0.2, -0.15) is 0 Å². The molecule has 0 unspecified atom stereocenters. The van der Waals surface area contributed by atoms with Crippen molar-refractivity contribution in [2.24, 2.45) is 0 Å². The quantitative estimate of drug-likeness (QED) is 0.590. The molecular weight excluding hydrogens is 230 g/mol. The molecule has 0 bridgehead atoms. The second-order valence-corrected chi connectivity index (χ2v) is 3.68. The van der Waals surface area contributed by atoms with E-state index in [9.17, 15) is 13.6 Å². The number of rotatable bonds is 5. The maximum absolute atomic E-state index is 13.2. The normalized spacial score (nSPS) is 10.6. The second kappa shape index (κ2) is 6.30. The predicted molar refractivity (Wildman–Crippen MR) is 57.7 cm³/mol. The Kier molecular flexibility index (Phi) is 5.03. The van der Waals surface area contributed by atoms with E-state index in [4.69, 9.17) is 9.47 Å². The molecule has 3 nitrogen and oxygen atoms in total. The van der Waals surface area contributed by atoms with Crippen LogP contribution in [0.25, 0.3) is 0 Å². The first kappa shape index (κ1) is 13.6. The third-order valence-electron chi connectivity index (χ3n) is 1.92. The zero-order chi connectivity index (χ0) is 12.8. The lowest BCUT2D eigenvalue weighted by molar-refractivity contribution is 0.0173. The van der Waals surface area contributed by atoms with E-state index in [2.05, 4.69) is 0 Å². The number of hydrogen-bond donors (Lipinski definition) is 0. The van der Waals surface area contributed by atoms with Crippen LogP contribution in [0.15, 0.2) is 18.2 Å². The Balaban J connectivity index is 2.47. The van der Waals surface area contributed by atoms with E-state index in [1.165, 1.54) is 0 Å². The molecule has 0 saturated heterocycles. The summed E-state index contributed by atoms with van der Waals surface area (Å²) in [6, 6.07) is 2.70. The van der Waals surface area contributed by atoms with Gasteiger partial charge in [0.25, 0.3) is 0 Å². The van der Waals surface area contributed by atoms with Crippen LogP contribution in [0.4, 0.5) is 8.78 Å². The number of halogens is 2. The van der Waals surface area contributed by atoms with Crippen LogP contribution >= 0.6 is 0 Å². The Bertz CT molecular complexity index is 391. The van der Waals surface area contributed by atoms with Crippen LogP contribution in [0.1, 0.15) is 24.2 Å². The molecule has 94 valence electrons. The van der Waals surface area contributed by atoms with Gasteiger partial charge in [0.05, 0.1) is 18.3 Å². The highest BCUT2D eigenvalue weighted by atomic mass is 19.1. The molecule has 0 saturated carbocycles. The monoisotopic (exact) mass is 244 g/mol.